The maximum absolute atomic E-state index is 13.0. The molecule has 0 saturated carbocycles. The highest BCUT2D eigenvalue weighted by atomic mass is 35.5. The summed E-state index contributed by atoms with van der Waals surface area (Å²) in [6, 6.07) is 22.7. The molecule has 0 fully saturated rings. The highest BCUT2D eigenvalue weighted by Gasteiger charge is 2.39. The van der Waals surface area contributed by atoms with Crippen LogP contribution in [0.3, 0.4) is 0 Å². The molecule has 0 aliphatic carbocycles. The summed E-state index contributed by atoms with van der Waals surface area (Å²) in [5, 5.41) is 0.217. The molecule has 0 aromatic heterocycles. The number of fused-ring (bicyclic) bond motifs is 1. The number of esters is 2. The molecule has 0 spiro atoms. The van der Waals surface area contributed by atoms with E-state index in [1.807, 2.05) is 0 Å². The van der Waals surface area contributed by atoms with E-state index >= 15 is 0 Å². The van der Waals surface area contributed by atoms with Gasteiger partial charge in [-0.15, -0.1) is 0 Å². The van der Waals surface area contributed by atoms with Crippen molar-refractivity contribution < 1.29 is 33.4 Å². The monoisotopic (exact) mass is 573 g/mol. The normalized spacial score (nSPS) is 12.2. The lowest BCUT2D eigenvalue weighted by Crippen LogP contribution is -2.31. The number of carbonyl (C=O) groups is 5. The van der Waals surface area contributed by atoms with Gasteiger partial charge in [-0.05, 0) is 60.7 Å². The number of hydrogen-bond donors (Lipinski definition) is 0. The Morgan fingerprint density at radius 2 is 1.25 bits per heavy atom. The fourth-order valence-electron chi connectivity index (χ4n) is 4.04. The molecule has 0 saturated heterocycles. The molecule has 198 valence electrons. The summed E-state index contributed by atoms with van der Waals surface area (Å²) in [5.74, 6) is -3.09. The first-order valence-corrected chi connectivity index (χ1v) is 12.5. The molecule has 0 atom stereocenters. The number of Topliss-reactive ketones (excluding diaryl/α,β-unsaturated/α-hetero) is 1. The SMILES string of the molecule is O=C(COC(=O)c1ccccc1N1C(=O)c2cc(Cl)c(Cl)cc2C1=O)c1ccc(OC(=O)c2ccccc2)cc1. The van der Waals surface area contributed by atoms with Gasteiger partial charge in [0.2, 0.25) is 0 Å². The van der Waals surface area contributed by atoms with E-state index in [0.717, 1.165) is 4.90 Å². The Kier molecular flexibility index (Phi) is 7.46. The van der Waals surface area contributed by atoms with Gasteiger partial charge in [-0.25, -0.2) is 14.5 Å². The number of imide groups is 1. The number of amides is 2. The Bertz CT molecular complexity index is 1640. The number of anilines is 1. The number of para-hydroxylation sites is 1. The molecule has 4 aromatic rings. The fourth-order valence-corrected chi connectivity index (χ4v) is 4.36. The Morgan fingerprint density at radius 3 is 1.88 bits per heavy atom. The van der Waals surface area contributed by atoms with E-state index in [0.29, 0.717) is 5.56 Å². The molecular weight excluding hydrogens is 557 g/mol. The lowest BCUT2D eigenvalue weighted by atomic mass is 10.1. The smallest absolute Gasteiger partial charge is 0.343 e. The zero-order chi connectivity index (χ0) is 28.4. The third-order valence-corrected chi connectivity index (χ3v) is 6.75. The fraction of sp³-hybridized carbons (Fsp3) is 0.0333. The van der Waals surface area contributed by atoms with Crippen LogP contribution in [0, 0.1) is 0 Å². The van der Waals surface area contributed by atoms with Gasteiger partial charge >= 0.3 is 11.9 Å². The van der Waals surface area contributed by atoms with E-state index in [-0.39, 0.29) is 43.7 Å². The van der Waals surface area contributed by atoms with Crippen molar-refractivity contribution in [3.8, 4) is 5.75 Å². The van der Waals surface area contributed by atoms with Gasteiger partial charge < -0.3 is 9.47 Å². The van der Waals surface area contributed by atoms with Gasteiger partial charge in [-0.1, -0.05) is 53.5 Å². The highest BCUT2D eigenvalue weighted by molar-refractivity contribution is 6.44. The molecule has 0 N–H and O–H groups in total. The third-order valence-electron chi connectivity index (χ3n) is 6.02. The second-order valence-corrected chi connectivity index (χ2v) is 9.37. The molecular formula is C30H17Cl2NO7. The van der Waals surface area contributed by atoms with Crippen molar-refractivity contribution in [1.29, 1.82) is 0 Å². The second-order valence-electron chi connectivity index (χ2n) is 8.55. The number of ether oxygens (including phenoxy) is 2. The molecule has 2 amide bonds. The first-order chi connectivity index (χ1) is 19.2. The van der Waals surface area contributed by atoms with E-state index in [1.165, 1.54) is 54.6 Å². The molecule has 1 aliphatic rings. The van der Waals surface area contributed by atoms with Crippen molar-refractivity contribution in [3.05, 3.63) is 129 Å². The molecule has 8 nitrogen and oxygen atoms in total. The number of benzene rings is 4. The number of ketones is 1. The summed E-state index contributed by atoms with van der Waals surface area (Å²) in [7, 11) is 0. The summed E-state index contributed by atoms with van der Waals surface area (Å²) in [6.45, 7) is -0.607. The standard InChI is InChI=1S/C30H17Cl2NO7/c31-23-14-21-22(15-24(23)32)28(36)33(27(21)35)25-9-5-4-8-20(25)30(38)39-16-26(34)17-10-12-19(13-11-17)40-29(37)18-6-2-1-3-7-18/h1-15H,16H2. The topological polar surface area (TPSA) is 107 Å². The number of halogens is 2. The van der Waals surface area contributed by atoms with Crippen LogP contribution >= 0.6 is 23.2 Å². The number of nitrogens with zero attached hydrogens (tertiary/aromatic N) is 1. The van der Waals surface area contributed by atoms with Crippen LogP contribution in [0.4, 0.5) is 5.69 Å². The molecule has 0 radical (unpaired) electrons. The zero-order valence-corrected chi connectivity index (χ0v) is 21.9. The predicted molar refractivity (Wildman–Crippen MR) is 146 cm³/mol. The Labute approximate surface area is 237 Å². The molecule has 0 unspecified atom stereocenters. The van der Waals surface area contributed by atoms with Crippen molar-refractivity contribution in [2.45, 2.75) is 0 Å². The molecule has 0 bridgehead atoms. The van der Waals surface area contributed by atoms with Crippen LogP contribution in [0.2, 0.25) is 10.0 Å². The maximum Gasteiger partial charge on any atom is 0.343 e. The third kappa shape index (κ3) is 5.22. The van der Waals surface area contributed by atoms with Gasteiger partial charge in [0.1, 0.15) is 5.75 Å². The Hall–Kier alpha value is -4.79. The van der Waals surface area contributed by atoms with Crippen LogP contribution < -0.4 is 9.64 Å². The Balaban J connectivity index is 1.26. The van der Waals surface area contributed by atoms with Gasteiger partial charge in [0.25, 0.3) is 11.8 Å². The highest BCUT2D eigenvalue weighted by Crippen LogP contribution is 2.35. The summed E-state index contributed by atoms with van der Waals surface area (Å²) >= 11 is 12.0. The maximum atomic E-state index is 13.0. The lowest BCUT2D eigenvalue weighted by Gasteiger charge is -2.17. The van der Waals surface area contributed by atoms with Gasteiger partial charge in [0.15, 0.2) is 12.4 Å². The minimum atomic E-state index is -0.912. The van der Waals surface area contributed by atoms with Crippen LogP contribution in [0.15, 0.2) is 91.0 Å². The van der Waals surface area contributed by atoms with Crippen LogP contribution in [0.5, 0.6) is 5.75 Å². The summed E-state index contributed by atoms with van der Waals surface area (Å²) in [5.41, 5.74) is 0.595. The van der Waals surface area contributed by atoms with Gasteiger partial charge in [0.05, 0.1) is 38.0 Å². The first-order valence-electron chi connectivity index (χ1n) is 11.8. The average molecular weight is 574 g/mol. The van der Waals surface area contributed by atoms with Crippen LogP contribution in [-0.2, 0) is 4.74 Å². The molecule has 40 heavy (non-hydrogen) atoms. The van der Waals surface area contributed by atoms with Crippen LogP contribution in [-0.4, -0.2) is 36.1 Å². The summed E-state index contributed by atoms with van der Waals surface area (Å²) in [4.78, 5) is 64.7. The van der Waals surface area contributed by atoms with E-state index in [9.17, 15) is 24.0 Å². The summed E-state index contributed by atoms with van der Waals surface area (Å²) < 4.78 is 10.5. The number of carbonyl (C=O) groups excluding carboxylic acids is 5. The summed E-state index contributed by atoms with van der Waals surface area (Å²) in [6.07, 6.45) is 0. The van der Waals surface area contributed by atoms with Crippen molar-refractivity contribution in [3.63, 3.8) is 0 Å². The van der Waals surface area contributed by atoms with Gasteiger partial charge in [0, 0.05) is 5.56 Å². The Morgan fingerprint density at radius 1 is 0.675 bits per heavy atom. The molecule has 10 heteroatoms. The lowest BCUT2D eigenvalue weighted by molar-refractivity contribution is 0.0475. The van der Waals surface area contributed by atoms with E-state index < -0.39 is 36.1 Å². The quantitative estimate of drug-likeness (QED) is 0.114. The van der Waals surface area contributed by atoms with Crippen LogP contribution in [0.25, 0.3) is 0 Å². The van der Waals surface area contributed by atoms with E-state index in [2.05, 4.69) is 0 Å². The number of hydrogen-bond acceptors (Lipinski definition) is 7. The largest absolute Gasteiger partial charge is 0.454 e. The van der Waals surface area contributed by atoms with Gasteiger partial charge in [-0.3, -0.25) is 14.4 Å². The van der Waals surface area contributed by atoms with Crippen molar-refractivity contribution in [2.75, 3.05) is 11.5 Å². The van der Waals surface area contributed by atoms with Crippen LogP contribution in [0.1, 0.15) is 51.8 Å². The minimum absolute atomic E-state index is 0.0111. The minimum Gasteiger partial charge on any atom is -0.454 e. The average Bonchev–Trinajstić information content (AvgIpc) is 3.20. The predicted octanol–water partition coefficient (Wildman–Crippen LogP) is 6.05. The molecule has 4 aromatic carbocycles. The molecule has 1 aliphatic heterocycles. The first kappa shape index (κ1) is 26.8. The second kappa shape index (κ2) is 11.1. The zero-order valence-electron chi connectivity index (χ0n) is 20.4. The van der Waals surface area contributed by atoms with E-state index in [4.69, 9.17) is 32.7 Å². The van der Waals surface area contributed by atoms with Crippen molar-refractivity contribution in [1.82, 2.24) is 0 Å². The van der Waals surface area contributed by atoms with Crippen molar-refractivity contribution in [2.24, 2.45) is 0 Å². The molecule has 5 rings (SSSR count). The van der Waals surface area contributed by atoms with Crippen molar-refractivity contribution >= 4 is 58.4 Å². The molecule has 1 heterocycles. The van der Waals surface area contributed by atoms with Gasteiger partial charge in [-0.2, -0.15) is 0 Å². The number of rotatable bonds is 7. The van der Waals surface area contributed by atoms with E-state index in [1.54, 1.807) is 36.4 Å².